The van der Waals surface area contributed by atoms with Gasteiger partial charge in [0.25, 0.3) is 0 Å². The second-order valence-corrected chi connectivity index (χ2v) is 4.17. The van der Waals surface area contributed by atoms with Crippen molar-refractivity contribution in [3.8, 4) is 0 Å². The summed E-state index contributed by atoms with van der Waals surface area (Å²) in [4.78, 5) is 10.6. The number of nitrogens with one attached hydrogen (secondary N) is 1. The quantitative estimate of drug-likeness (QED) is 0.560. The van der Waals surface area contributed by atoms with Crippen molar-refractivity contribution in [2.75, 3.05) is 13.2 Å². The molecule has 0 aromatic heterocycles. The molecule has 0 aromatic carbocycles. The van der Waals surface area contributed by atoms with E-state index < -0.39 is 30.1 Å². The Balaban J connectivity index is 1.97. The number of hydrogen-bond donors (Lipinski definition) is 1. The molecule has 0 bridgehead atoms. The summed E-state index contributed by atoms with van der Waals surface area (Å²) in [6.45, 7) is 0.298. The molecule has 2 rings (SSSR count). The van der Waals surface area contributed by atoms with Crippen molar-refractivity contribution < 1.29 is 31.8 Å². The summed E-state index contributed by atoms with van der Waals surface area (Å²) in [5, 5.41) is 2.49. The molecule has 2 fully saturated rings. The fraction of sp³-hybridized carbons (Fsp3) is 0.889. The highest BCUT2D eigenvalue weighted by Crippen LogP contribution is 2.36. The first-order valence-electron chi connectivity index (χ1n) is 5.13. The number of rotatable bonds is 1. The Hall–Kier alpha value is -0.890. The Morgan fingerprint density at radius 1 is 1.47 bits per heavy atom. The third kappa shape index (κ3) is 2.37. The number of esters is 1. The van der Waals surface area contributed by atoms with Crippen LogP contribution in [0.25, 0.3) is 0 Å². The van der Waals surface area contributed by atoms with Gasteiger partial charge in [0.2, 0.25) is 0 Å². The molecule has 0 radical (unpaired) electrons. The van der Waals surface area contributed by atoms with Crippen LogP contribution in [-0.2, 0) is 14.3 Å². The molecule has 0 aliphatic carbocycles. The van der Waals surface area contributed by atoms with Gasteiger partial charge in [-0.15, -0.1) is 0 Å². The topological polar surface area (TPSA) is 47.6 Å². The fourth-order valence-corrected chi connectivity index (χ4v) is 1.97. The van der Waals surface area contributed by atoms with Crippen LogP contribution in [0.15, 0.2) is 0 Å². The minimum Gasteiger partial charge on any atom is -0.437 e. The van der Waals surface area contributed by atoms with Gasteiger partial charge in [-0.05, 0) is 0 Å². The number of carbonyl (C=O) groups excluding carboxylic acids is 1. The van der Waals surface area contributed by atoms with Gasteiger partial charge in [0.15, 0.2) is 6.23 Å². The van der Waals surface area contributed by atoms with Crippen molar-refractivity contribution in [2.24, 2.45) is 0 Å². The molecule has 0 aromatic rings. The molecule has 2 saturated heterocycles. The van der Waals surface area contributed by atoms with Gasteiger partial charge in [-0.1, -0.05) is 0 Å². The van der Waals surface area contributed by atoms with Gasteiger partial charge in [0.05, 0.1) is 6.61 Å². The number of alkyl halides is 4. The van der Waals surface area contributed by atoms with Crippen LogP contribution < -0.4 is 5.32 Å². The van der Waals surface area contributed by atoms with Crippen molar-refractivity contribution >= 4 is 5.97 Å². The molecule has 3 atom stereocenters. The summed E-state index contributed by atoms with van der Waals surface area (Å²) < 4.78 is 58.6. The van der Waals surface area contributed by atoms with E-state index in [4.69, 9.17) is 4.74 Å². The molecule has 98 valence electrons. The van der Waals surface area contributed by atoms with Gasteiger partial charge in [-0.2, -0.15) is 13.2 Å². The summed E-state index contributed by atoms with van der Waals surface area (Å²) in [5.74, 6) is -2.29. The molecule has 17 heavy (non-hydrogen) atoms. The standard InChI is InChI=1S/C9H11F4NO3/c10-5-1-2-16-8(3-5)4-14-6(8)17-7(15)9(11,12)13/h5-6,14H,1-4H2. The molecule has 4 nitrogen and oxygen atoms in total. The zero-order valence-electron chi connectivity index (χ0n) is 8.72. The van der Waals surface area contributed by atoms with Gasteiger partial charge in [-0.3, -0.25) is 5.32 Å². The highest BCUT2D eigenvalue weighted by molar-refractivity contribution is 5.75. The lowest BCUT2D eigenvalue weighted by Gasteiger charge is -2.51. The van der Waals surface area contributed by atoms with Crippen molar-refractivity contribution in [1.82, 2.24) is 5.32 Å². The van der Waals surface area contributed by atoms with Crippen molar-refractivity contribution in [3.05, 3.63) is 0 Å². The van der Waals surface area contributed by atoms with Crippen LogP contribution in [0.3, 0.4) is 0 Å². The van der Waals surface area contributed by atoms with E-state index in [-0.39, 0.29) is 26.0 Å². The van der Waals surface area contributed by atoms with Gasteiger partial charge >= 0.3 is 12.1 Å². The summed E-state index contributed by atoms with van der Waals surface area (Å²) in [5.41, 5.74) is -1.14. The zero-order valence-corrected chi connectivity index (χ0v) is 8.72. The van der Waals surface area contributed by atoms with Gasteiger partial charge in [0.1, 0.15) is 11.8 Å². The summed E-state index contributed by atoms with van der Waals surface area (Å²) in [6.07, 6.45) is -7.27. The Bertz CT molecular complexity index is 322. The minimum absolute atomic E-state index is 0.0597. The first-order chi connectivity index (χ1) is 7.83. The molecule has 0 saturated carbocycles. The van der Waals surface area contributed by atoms with Crippen molar-refractivity contribution in [3.63, 3.8) is 0 Å². The fourth-order valence-electron chi connectivity index (χ4n) is 1.97. The van der Waals surface area contributed by atoms with Crippen LogP contribution in [-0.4, -0.2) is 43.3 Å². The van der Waals surface area contributed by atoms with E-state index in [0.29, 0.717) is 0 Å². The molecule has 2 aliphatic heterocycles. The Labute approximate surface area is 94.2 Å². The van der Waals surface area contributed by atoms with E-state index in [1.807, 2.05) is 0 Å². The minimum atomic E-state index is -5.05. The SMILES string of the molecule is O=C(OC1NCC12CC(F)CCO2)C(F)(F)F. The largest absolute Gasteiger partial charge is 0.490 e. The number of halogens is 4. The molecule has 1 spiro atoms. The van der Waals surface area contributed by atoms with Crippen LogP contribution in [0.2, 0.25) is 0 Å². The van der Waals surface area contributed by atoms with E-state index in [0.717, 1.165) is 0 Å². The summed E-state index contributed by atoms with van der Waals surface area (Å²) in [6, 6.07) is 0. The maximum Gasteiger partial charge on any atom is 0.490 e. The van der Waals surface area contributed by atoms with Crippen LogP contribution in [0.1, 0.15) is 12.8 Å². The average Bonchev–Trinajstić information content (AvgIpc) is 2.22. The van der Waals surface area contributed by atoms with Gasteiger partial charge in [0, 0.05) is 19.4 Å². The summed E-state index contributed by atoms with van der Waals surface area (Å²) in [7, 11) is 0. The van der Waals surface area contributed by atoms with Gasteiger partial charge < -0.3 is 9.47 Å². The molecular formula is C9H11F4NO3. The smallest absolute Gasteiger partial charge is 0.437 e. The Kier molecular flexibility index (Phi) is 3.03. The van der Waals surface area contributed by atoms with Crippen LogP contribution >= 0.6 is 0 Å². The Morgan fingerprint density at radius 3 is 2.65 bits per heavy atom. The van der Waals surface area contributed by atoms with Crippen LogP contribution in [0.5, 0.6) is 0 Å². The number of ether oxygens (including phenoxy) is 2. The molecule has 2 heterocycles. The number of carbonyl (C=O) groups is 1. The normalized spacial score (nSPS) is 37.6. The van der Waals surface area contributed by atoms with E-state index in [9.17, 15) is 22.4 Å². The van der Waals surface area contributed by atoms with E-state index in [2.05, 4.69) is 10.1 Å². The van der Waals surface area contributed by atoms with Gasteiger partial charge in [-0.25, -0.2) is 9.18 Å². The molecule has 1 N–H and O–H groups in total. The van der Waals surface area contributed by atoms with Crippen molar-refractivity contribution in [2.45, 2.75) is 37.0 Å². The first-order valence-corrected chi connectivity index (χ1v) is 5.13. The lowest BCUT2D eigenvalue weighted by atomic mass is 9.85. The maximum atomic E-state index is 13.2. The zero-order chi connectivity index (χ0) is 12.7. The maximum absolute atomic E-state index is 13.2. The lowest BCUT2D eigenvalue weighted by molar-refractivity contribution is -0.253. The highest BCUT2D eigenvalue weighted by Gasteiger charge is 2.56. The molecular weight excluding hydrogens is 246 g/mol. The second kappa shape index (κ2) is 4.09. The third-order valence-corrected chi connectivity index (χ3v) is 2.91. The average molecular weight is 257 g/mol. The summed E-state index contributed by atoms with van der Waals surface area (Å²) >= 11 is 0. The number of hydrogen-bond acceptors (Lipinski definition) is 4. The predicted octanol–water partition coefficient (Wildman–Crippen LogP) is 0.908. The van der Waals surface area contributed by atoms with E-state index in [1.165, 1.54) is 0 Å². The molecule has 2 aliphatic rings. The monoisotopic (exact) mass is 257 g/mol. The van der Waals surface area contributed by atoms with E-state index in [1.54, 1.807) is 0 Å². The first kappa shape index (κ1) is 12.6. The van der Waals surface area contributed by atoms with Crippen LogP contribution in [0, 0.1) is 0 Å². The molecule has 8 heteroatoms. The van der Waals surface area contributed by atoms with Crippen molar-refractivity contribution in [1.29, 1.82) is 0 Å². The van der Waals surface area contributed by atoms with E-state index >= 15 is 0 Å². The molecule has 3 unspecified atom stereocenters. The van der Waals surface area contributed by atoms with Crippen LogP contribution in [0.4, 0.5) is 17.6 Å². The predicted molar refractivity (Wildman–Crippen MR) is 46.8 cm³/mol. The highest BCUT2D eigenvalue weighted by atomic mass is 19.4. The Morgan fingerprint density at radius 2 is 2.18 bits per heavy atom. The second-order valence-electron chi connectivity index (χ2n) is 4.17. The lowest BCUT2D eigenvalue weighted by Crippen LogP contribution is -2.72. The molecule has 0 amide bonds. The third-order valence-electron chi connectivity index (χ3n) is 2.91.